The van der Waals surface area contributed by atoms with Crippen molar-refractivity contribution < 1.29 is 4.79 Å². The van der Waals surface area contributed by atoms with Gasteiger partial charge in [-0.3, -0.25) is 9.89 Å². The SMILES string of the molecule is O=C(NCc1ncn[nH]1)c1cc(Cl)cn1C1CC1. The predicted octanol–water partition coefficient (Wildman–Crippen LogP) is 1.52. The lowest BCUT2D eigenvalue weighted by Gasteiger charge is -2.07. The quantitative estimate of drug-likeness (QED) is 0.880. The molecule has 1 aliphatic carbocycles. The second kappa shape index (κ2) is 4.45. The van der Waals surface area contributed by atoms with E-state index >= 15 is 0 Å². The number of aromatic nitrogens is 4. The third kappa shape index (κ3) is 2.24. The molecule has 0 spiro atoms. The Kier molecular flexibility index (Phi) is 2.79. The lowest BCUT2D eigenvalue weighted by molar-refractivity contribution is 0.0940. The van der Waals surface area contributed by atoms with E-state index in [4.69, 9.17) is 11.6 Å². The summed E-state index contributed by atoms with van der Waals surface area (Å²) in [6.45, 7) is 0.326. The maximum atomic E-state index is 12.1. The summed E-state index contributed by atoms with van der Waals surface area (Å²) in [6, 6.07) is 2.11. The Labute approximate surface area is 108 Å². The van der Waals surface area contributed by atoms with Gasteiger partial charge in [0.05, 0.1) is 11.6 Å². The van der Waals surface area contributed by atoms with Gasteiger partial charge in [-0.1, -0.05) is 11.6 Å². The third-order valence-electron chi connectivity index (χ3n) is 2.87. The predicted molar refractivity (Wildman–Crippen MR) is 65.3 cm³/mol. The van der Waals surface area contributed by atoms with Crippen molar-refractivity contribution in [2.75, 3.05) is 0 Å². The molecule has 1 fully saturated rings. The van der Waals surface area contributed by atoms with Crippen LogP contribution in [-0.4, -0.2) is 25.7 Å². The number of carbonyl (C=O) groups excluding carboxylic acids is 1. The molecule has 3 rings (SSSR count). The zero-order chi connectivity index (χ0) is 12.5. The first-order valence-corrected chi connectivity index (χ1v) is 6.11. The van der Waals surface area contributed by atoms with Crippen LogP contribution >= 0.6 is 11.6 Å². The minimum absolute atomic E-state index is 0.148. The number of amides is 1. The van der Waals surface area contributed by atoms with Gasteiger partial charge in [-0.15, -0.1) is 0 Å². The molecule has 2 aromatic heterocycles. The van der Waals surface area contributed by atoms with Crippen molar-refractivity contribution in [3.8, 4) is 0 Å². The van der Waals surface area contributed by atoms with E-state index in [1.807, 2.05) is 10.8 Å². The van der Waals surface area contributed by atoms with E-state index in [0.717, 1.165) is 12.8 Å². The fourth-order valence-corrected chi connectivity index (χ4v) is 2.06. The summed E-state index contributed by atoms with van der Waals surface area (Å²) in [5.41, 5.74) is 0.599. The van der Waals surface area contributed by atoms with Gasteiger partial charge in [0.1, 0.15) is 17.8 Å². The van der Waals surface area contributed by atoms with Gasteiger partial charge < -0.3 is 9.88 Å². The largest absolute Gasteiger partial charge is 0.343 e. The molecule has 1 amide bonds. The molecule has 7 heteroatoms. The van der Waals surface area contributed by atoms with E-state index < -0.39 is 0 Å². The van der Waals surface area contributed by atoms with Gasteiger partial charge in [-0.2, -0.15) is 5.10 Å². The number of hydrogen-bond donors (Lipinski definition) is 2. The number of halogens is 1. The molecule has 0 aromatic carbocycles. The first kappa shape index (κ1) is 11.3. The fourth-order valence-electron chi connectivity index (χ4n) is 1.85. The third-order valence-corrected chi connectivity index (χ3v) is 3.08. The molecule has 1 aliphatic rings. The van der Waals surface area contributed by atoms with Gasteiger partial charge in [-0.05, 0) is 18.9 Å². The summed E-state index contributed by atoms with van der Waals surface area (Å²) in [5.74, 6) is 0.476. The van der Waals surface area contributed by atoms with Crippen LogP contribution in [0.25, 0.3) is 0 Å². The Hall–Kier alpha value is -1.82. The van der Waals surface area contributed by atoms with E-state index in [2.05, 4.69) is 20.5 Å². The Balaban J connectivity index is 1.71. The highest BCUT2D eigenvalue weighted by Crippen LogP contribution is 2.37. The highest BCUT2D eigenvalue weighted by atomic mass is 35.5. The number of nitrogens with zero attached hydrogens (tertiary/aromatic N) is 3. The number of H-pyrrole nitrogens is 1. The number of rotatable bonds is 4. The Morgan fingerprint density at radius 2 is 2.44 bits per heavy atom. The molecule has 94 valence electrons. The fraction of sp³-hybridized carbons (Fsp3) is 0.364. The molecule has 18 heavy (non-hydrogen) atoms. The van der Waals surface area contributed by atoms with E-state index in [0.29, 0.717) is 29.1 Å². The van der Waals surface area contributed by atoms with Crippen molar-refractivity contribution in [3.05, 3.63) is 35.1 Å². The lowest BCUT2D eigenvalue weighted by atomic mass is 10.4. The first-order valence-electron chi connectivity index (χ1n) is 5.74. The summed E-state index contributed by atoms with van der Waals surface area (Å²) in [4.78, 5) is 16.0. The second-order valence-corrected chi connectivity index (χ2v) is 4.73. The molecule has 0 atom stereocenters. The molecule has 0 aliphatic heterocycles. The van der Waals surface area contributed by atoms with Gasteiger partial charge in [0.25, 0.3) is 5.91 Å². The van der Waals surface area contributed by atoms with Crippen LogP contribution in [0.1, 0.15) is 35.2 Å². The Morgan fingerprint density at radius 1 is 1.61 bits per heavy atom. The summed E-state index contributed by atoms with van der Waals surface area (Å²) < 4.78 is 1.94. The molecule has 2 heterocycles. The standard InChI is InChI=1S/C11H12ClN5O/c12-7-3-9(17(5-7)8-1-2-8)11(18)13-4-10-14-6-15-16-10/h3,5-6,8H,1-2,4H2,(H,13,18)(H,14,15,16). The minimum Gasteiger partial charge on any atom is -0.343 e. The lowest BCUT2D eigenvalue weighted by Crippen LogP contribution is -2.25. The minimum atomic E-state index is -0.148. The van der Waals surface area contributed by atoms with E-state index in [-0.39, 0.29) is 5.91 Å². The van der Waals surface area contributed by atoms with E-state index in [1.165, 1.54) is 6.33 Å². The van der Waals surface area contributed by atoms with Gasteiger partial charge in [0, 0.05) is 12.2 Å². The van der Waals surface area contributed by atoms with Crippen LogP contribution in [0.3, 0.4) is 0 Å². The van der Waals surface area contributed by atoms with Gasteiger partial charge >= 0.3 is 0 Å². The van der Waals surface area contributed by atoms with E-state index in [1.54, 1.807) is 6.07 Å². The molecule has 0 bridgehead atoms. The van der Waals surface area contributed by atoms with Crippen LogP contribution in [0.2, 0.25) is 5.02 Å². The van der Waals surface area contributed by atoms with Crippen molar-refractivity contribution in [3.63, 3.8) is 0 Å². The smallest absolute Gasteiger partial charge is 0.268 e. The van der Waals surface area contributed by atoms with Crippen molar-refractivity contribution in [1.82, 2.24) is 25.1 Å². The highest BCUT2D eigenvalue weighted by Gasteiger charge is 2.27. The Morgan fingerprint density at radius 3 is 3.11 bits per heavy atom. The first-order chi connectivity index (χ1) is 8.74. The average molecular weight is 266 g/mol. The molecular weight excluding hydrogens is 254 g/mol. The molecular formula is C11H12ClN5O. The van der Waals surface area contributed by atoms with Crippen LogP contribution in [0.4, 0.5) is 0 Å². The highest BCUT2D eigenvalue weighted by molar-refractivity contribution is 6.31. The maximum absolute atomic E-state index is 12.1. The molecule has 2 N–H and O–H groups in total. The maximum Gasteiger partial charge on any atom is 0.268 e. The van der Waals surface area contributed by atoms with Gasteiger partial charge in [-0.25, -0.2) is 4.98 Å². The Bertz CT molecular complexity index is 558. The van der Waals surface area contributed by atoms with Gasteiger partial charge in [0.15, 0.2) is 0 Å². The molecule has 6 nitrogen and oxygen atoms in total. The van der Waals surface area contributed by atoms with Crippen molar-refractivity contribution in [2.45, 2.75) is 25.4 Å². The van der Waals surface area contributed by atoms with Crippen molar-refractivity contribution >= 4 is 17.5 Å². The van der Waals surface area contributed by atoms with Crippen LogP contribution < -0.4 is 5.32 Å². The number of carbonyl (C=O) groups is 1. The molecule has 0 unspecified atom stereocenters. The zero-order valence-electron chi connectivity index (χ0n) is 9.56. The van der Waals surface area contributed by atoms with Crippen LogP contribution in [0.15, 0.2) is 18.6 Å². The summed E-state index contributed by atoms with van der Waals surface area (Å²) in [6.07, 6.45) is 5.43. The van der Waals surface area contributed by atoms with Crippen LogP contribution in [0, 0.1) is 0 Å². The number of nitrogens with one attached hydrogen (secondary N) is 2. The normalized spacial score (nSPS) is 14.7. The summed E-state index contributed by atoms with van der Waals surface area (Å²) in [7, 11) is 0. The zero-order valence-corrected chi connectivity index (χ0v) is 10.3. The summed E-state index contributed by atoms with van der Waals surface area (Å²) >= 11 is 5.95. The average Bonchev–Trinajstić information content (AvgIpc) is 2.92. The number of aromatic amines is 1. The molecule has 2 aromatic rings. The monoisotopic (exact) mass is 265 g/mol. The number of hydrogen-bond acceptors (Lipinski definition) is 3. The van der Waals surface area contributed by atoms with Crippen molar-refractivity contribution in [1.29, 1.82) is 0 Å². The molecule has 1 saturated carbocycles. The van der Waals surface area contributed by atoms with Crippen LogP contribution in [-0.2, 0) is 6.54 Å². The molecule has 0 saturated heterocycles. The van der Waals surface area contributed by atoms with Crippen LogP contribution in [0.5, 0.6) is 0 Å². The summed E-state index contributed by atoms with van der Waals surface area (Å²) in [5, 5.41) is 9.78. The topological polar surface area (TPSA) is 75.6 Å². The molecule has 0 radical (unpaired) electrons. The van der Waals surface area contributed by atoms with Gasteiger partial charge in [0.2, 0.25) is 0 Å². The van der Waals surface area contributed by atoms with Crippen molar-refractivity contribution in [2.24, 2.45) is 0 Å². The second-order valence-electron chi connectivity index (χ2n) is 4.30. The van der Waals surface area contributed by atoms with E-state index in [9.17, 15) is 4.79 Å².